The third kappa shape index (κ3) is 3.80. The van der Waals surface area contributed by atoms with E-state index in [-0.39, 0.29) is 6.10 Å². The van der Waals surface area contributed by atoms with Crippen molar-refractivity contribution in [1.82, 2.24) is 0 Å². The molecule has 0 aliphatic carbocycles. The largest absolute Gasteiger partial charge is 0.491 e. The standard InChI is InChI=1S/C15H16ClNO2/c1-10(2)18-12-7-11(17)8-13(9-12)19-15-6-4-3-5-14(15)16/h3-10H,17H2,1-2H3. The first-order valence-electron chi connectivity index (χ1n) is 6.04. The smallest absolute Gasteiger partial charge is 0.146 e. The fourth-order valence-electron chi connectivity index (χ4n) is 1.65. The highest BCUT2D eigenvalue weighted by Crippen LogP contribution is 2.32. The molecule has 2 rings (SSSR count). The molecule has 2 N–H and O–H groups in total. The van der Waals surface area contributed by atoms with Crippen molar-refractivity contribution in [3.8, 4) is 17.2 Å². The summed E-state index contributed by atoms with van der Waals surface area (Å²) in [5, 5.41) is 0.552. The van der Waals surface area contributed by atoms with Crippen molar-refractivity contribution in [2.24, 2.45) is 0 Å². The van der Waals surface area contributed by atoms with Crippen molar-refractivity contribution >= 4 is 17.3 Å². The van der Waals surface area contributed by atoms with Crippen LogP contribution in [0.25, 0.3) is 0 Å². The van der Waals surface area contributed by atoms with Gasteiger partial charge >= 0.3 is 0 Å². The fourth-order valence-corrected chi connectivity index (χ4v) is 1.82. The number of nitrogen functional groups attached to an aromatic ring is 1. The minimum Gasteiger partial charge on any atom is -0.491 e. The number of rotatable bonds is 4. The molecule has 0 radical (unpaired) electrons. The Balaban J connectivity index is 2.25. The van der Waals surface area contributed by atoms with E-state index in [0.29, 0.717) is 28.0 Å². The summed E-state index contributed by atoms with van der Waals surface area (Å²) in [6.45, 7) is 3.91. The molecular formula is C15H16ClNO2. The summed E-state index contributed by atoms with van der Waals surface area (Å²) in [5.41, 5.74) is 6.42. The van der Waals surface area contributed by atoms with E-state index in [9.17, 15) is 0 Å². The van der Waals surface area contributed by atoms with Crippen LogP contribution in [0.2, 0.25) is 5.02 Å². The van der Waals surface area contributed by atoms with Crippen LogP contribution >= 0.6 is 11.6 Å². The van der Waals surface area contributed by atoms with Gasteiger partial charge in [0.05, 0.1) is 11.1 Å². The number of ether oxygens (including phenoxy) is 2. The number of anilines is 1. The number of halogens is 1. The molecule has 0 fully saturated rings. The molecule has 0 amide bonds. The molecule has 19 heavy (non-hydrogen) atoms. The van der Waals surface area contributed by atoms with Crippen LogP contribution in [-0.2, 0) is 0 Å². The van der Waals surface area contributed by atoms with E-state index in [1.807, 2.05) is 26.0 Å². The minimum atomic E-state index is 0.0787. The fraction of sp³-hybridized carbons (Fsp3) is 0.200. The maximum absolute atomic E-state index is 6.05. The van der Waals surface area contributed by atoms with Gasteiger partial charge in [0, 0.05) is 23.9 Å². The molecule has 100 valence electrons. The van der Waals surface area contributed by atoms with Gasteiger partial charge in [0.25, 0.3) is 0 Å². The molecule has 0 spiro atoms. The van der Waals surface area contributed by atoms with Gasteiger partial charge in [0.15, 0.2) is 0 Å². The monoisotopic (exact) mass is 277 g/mol. The van der Waals surface area contributed by atoms with Gasteiger partial charge in [0.1, 0.15) is 17.2 Å². The summed E-state index contributed by atoms with van der Waals surface area (Å²) >= 11 is 6.05. The lowest BCUT2D eigenvalue weighted by atomic mass is 10.2. The number of para-hydroxylation sites is 1. The summed E-state index contributed by atoms with van der Waals surface area (Å²) in [5.74, 6) is 1.87. The molecule has 0 aromatic heterocycles. The van der Waals surface area contributed by atoms with Gasteiger partial charge in [-0.1, -0.05) is 23.7 Å². The van der Waals surface area contributed by atoms with E-state index in [1.165, 1.54) is 0 Å². The highest BCUT2D eigenvalue weighted by Gasteiger charge is 2.06. The normalized spacial score (nSPS) is 10.5. The zero-order valence-corrected chi connectivity index (χ0v) is 11.6. The lowest BCUT2D eigenvalue weighted by molar-refractivity contribution is 0.242. The van der Waals surface area contributed by atoms with Crippen LogP contribution in [0.4, 0.5) is 5.69 Å². The predicted molar refractivity (Wildman–Crippen MR) is 78.1 cm³/mol. The molecule has 0 heterocycles. The Morgan fingerprint density at radius 3 is 2.42 bits per heavy atom. The molecule has 0 atom stereocenters. The number of benzene rings is 2. The molecule has 2 aromatic rings. The lowest BCUT2D eigenvalue weighted by Gasteiger charge is -2.13. The van der Waals surface area contributed by atoms with Gasteiger partial charge in [0.2, 0.25) is 0 Å². The van der Waals surface area contributed by atoms with Crippen molar-refractivity contribution in [1.29, 1.82) is 0 Å². The van der Waals surface area contributed by atoms with Crippen LogP contribution in [-0.4, -0.2) is 6.10 Å². The molecule has 4 heteroatoms. The second kappa shape index (κ2) is 5.85. The molecule has 0 unspecified atom stereocenters. The van der Waals surface area contributed by atoms with E-state index in [4.69, 9.17) is 26.8 Å². The van der Waals surface area contributed by atoms with Gasteiger partial charge in [-0.05, 0) is 26.0 Å². The zero-order valence-electron chi connectivity index (χ0n) is 10.9. The van der Waals surface area contributed by atoms with Crippen molar-refractivity contribution < 1.29 is 9.47 Å². The molecule has 3 nitrogen and oxygen atoms in total. The molecule has 0 saturated carbocycles. The molecule has 0 saturated heterocycles. The topological polar surface area (TPSA) is 44.5 Å². The summed E-state index contributed by atoms with van der Waals surface area (Å²) < 4.78 is 11.3. The first-order chi connectivity index (χ1) is 9.04. The Morgan fingerprint density at radius 2 is 1.74 bits per heavy atom. The summed E-state index contributed by atoms with van der Waals surface area (Å²) in [6.07, 6.45) is 0.0787. The van der Waals surface area contributed by atoms with E-state index in [0.717, 1.165) is 0 Å². The van der Waals surface area contributed by atoms with Crippen LogP contribution < -0.4 is 15.2 Å². The molecular weight excluding hydrogens is 262 g/mol. The number of nitrogens with two attached hydrogens (primary N) is 1. The minimum absolute atomic E-state index is 0.0787. The maximum Gasteiger partial charge on any atom is 0.146 e. The van der Waals surface area contributed by atoms with Gasteiger partial charge in [-0.3, -0.25) is 0 Å². The van der Waals surface area contributed by atoms with E-state index in [1.54, 1.807) is 30.3 Å². The maximum atomic E-state index is 6.05. The molecule has 0 aliphatic heterocycles. The van der Waals surface area contributed by atoms with Gasteiger partial charge in [-0.2, -0.15) is 0 Å². The lowest BCUT2D eigenvalue weighted by Crippen LogP contribution is -2.05. The molecule has 2 aromatic carbocycles. The van der Waals surface area contributed by atoms with E-state index >= 15 is 0 Å². The van der Waals surface area contributed by atoms with Crippen LogP contribution in [0.1, 0.15) is 13.8 Å². The van der Waals surface area contributed by atoms with Crippen molar-refractivity contribution in [3.63, 3.8) is 0 Å². The predicted octanol–water partition coefficient (Wildman–Crippen LogP) is 4.50. The SMILES string of the molecule is CC(C)Oc1cc(N)cc(Oc2ccccc2Cl)c1. The van der Waals surface area contributed by atoms with Gasteiger partial charge in [-0.15, -0.1) is 0 Å². The van der Waals surface area contributed by atoms with Crippen LogP contribution in [0.15, 0.2) is 42.5 Å². The first kappa shape index (κ1) is 13.6. The molecule has 0 aliphatic rings. The average molecular weight is 278 g/mol. The zero-order chi connectivity index (χ0) is 13.8. The van der Waals surface area contributed by atoms with Crippen LogP contribution in [0.3, 0.4) is 0 Å². The Bertz CT molecular complexity index is 570. The number of hydrogen-bond donors (Lipinski definition) is 1. The second-order valence-electron chi connectivity index (χ2n) is 4.44. The third-order valence-electron chi connectivity index (χ3n) is 2.34. The van der Waals surface area contributed by atoms with Crippen molar-refractivity contribution in [2.45, 2.75) is 20.0 Å². The summed E-state index contributed by atoms with van der Waals surface area (Å²) in [7, 11) is 0. The average Bonchev–Trinajstić information content (AvgIpc) is 2.30. The Kier molecular flexibility index (Phi) is 4.17. The summed E-state index contributed by atoms with van der Waals surface area (Å²) in [6, 6.07) is 12.6. The Hall–Kier alpha value is -1.87. The summed E-state index contributed by atoms with van der Waals surface area (Å²) in [4.78, 5) is 0. The van der Waals surface area contributed by atoms with E-state index < -0.39 is 0 Å². The van der Waals surface area contributed by atoms with Crippen LogP contribution in [0.5, 0.6) is 17.2 Å². The highest BCUT2D eigenvalue weighted by molar-refractivity contribution is 6.32. The Labute approximate surface area is 117 Å². The first-order valence-corrected chi connectivity index (χ1v) is 6.42. The third-order valence-corrected chi connectivity index (χ3v) is 2.65. The Morgan fingerprint density at radius 1 is 1.05 bits per heavy atom. The van der Waals surface area contributed by atoms with Gasteiger partial charge < -0.3 is 15.2 Å². The van der Waals surface area contributed by atoms with E-state index in [2.05, 4.69) is 0 Å². The highest BCUT2D eigenvalue weighted by atomic mass is 35.5. The quantitative estimate of drug-likeness (QED) is 0.837. The van der Waals surface area contributed by atoms with Crippen molar-refractivity contribution in [3.05, 3.63) is 47.5 Å². The van der Waals surface area contributed by atoms with Gasteiger partial charge in [-0.25, -0.2) is 0 Å². The van der Waals surface area contributed by atoms with Crippen LogP contribution in [0, 0.1) is 0 Å². The molecule has 0 bridgehead atoms. The van der Waals surface area contributed by atoms with Crippen molar-refractivity contribution in [2.75, 3.05) is 5.73 Å². The number of hydrogen-bond acceptors (Lipinski definition) is 3. The second-order valence-corrected chi connectivity index (χ2v) is 4.84.